The molecule has 0 aromatic carbocycles. The van der Waals surface area contributed by atoms with Gasteiger partial charge in [-0.1, -0.05) is 0 Å². The molecule has 6 heteroatoms. The second kappa shape index (κ2) is 4.68. The van der Waals surface area contributed by atoms with Crippen LogP contribution in [0.25, 0.3) is 0 Å². The molecule has 0 saturated carbocycles. The van der Waals surface area contributed by atoms with E-state index in [0.29, 0.717) is 6.54 Å². The standard InChI is InChI=1S/C6H10N4OS/c7-6(10-11)9-2-1-5-8-3-4-12-5/h3-4,11H,1-2H2,(H3,7,9,10). The summed E-state index contributed by atoms with van der Waals surface area (Å²) in [5.74, 6) is 0.0338. The van der Waals surface area contributed by atoms with Gasteiger partial charge in [-0.05, 0) is 0 Å². The molecule has 5 nitrogen and oxygen atoms in total. The van der Waals surface area contributed by atoms with Gasteiger partial charge in [-0.25, -0.2) is 10.5 Å². The van der Waals surface area contributed by atoms with Crippen LogP contribution >= 0.6 is 11.3 Å². The Labute approximate surface area is 73.9 Å². The minimum Gasteiger partial charge on any atom is -0.368 e. The molecule has 0 aliphatic rings. The number of hydroxylamine groups is 1. The van der Waals surface area contributed by atoms with E-state index in [2.05, 4.69) is 9.98 Å². The lowest BCUT2D eigenvalue weighted by molar-refractivity contribution is 0.232. The summed E-state index contributed by atoms with van der Waals surface area (Å²) in [7, 11) is 0. The SMILES string of the molecule is NC(=NCCc1nccs1)NO. The molecule has 0 amide bonds. The highest BCUT2D eigenvalue weighted by molar-refractivity contribution is 7.09. The monoisotopic (exact) mass is 186 g/mol. The third-order valence-corrected chi connectivity index (χ3v) is 2.05. The van der Waals surface area contributed by atoms with Gasteiger partial charge in [-0.15, -0.1) is 11.3 Å². The second-order valence-electron chi connectivity index (χ2n) is 2.05. The van der Waals surface area contributed by atoms with Crippen LogP contribution in [0.2, 0.25) is 0 Å². The van der Waals surface area contributed by atoms with Gasteiger partial charge in [0.1, 0.15) is 0 Å². The van der Waals surface area contributed by atoms with E-state index in [-0.39, 0.29) is 5.96 Å². The van der Waals surface area contributed by atoms with Gasteiger partial charge in [-0.2, -0.15) is 0 Å². The summed E-state index contributed by atoms with van der Waals surface area (Å²) in [6.45, 7) is 0.535. The average molecular weight is 186 g/mol. The molecule has 1 aromatic rings. The van der Waals surface area contributed by atoms with Crippen LogP contribution in [-0.2, 0) is 6.42 Å². The van der Waals surface area contributed by atoms with Gasteiger partial charge in [0, 0.05) is 24.5 Å². The molecule has 1 heterocycles. The molecule has 0 bridgehead atoms. The fraction of sp³-hybridized carbons (Fsp3) is 0.333. The van der Waals surface area contributed by atoms with E-state index >= 15 is 0 Å². The normalized spacial score (nSPS) is 11.6. The summed E-state index contributed by atoms with van der Waals surface area (Å²) in [6, 6.07) is 0. The summed E-state index contributed by atoms with van der Waals surface area (Å²) in [5.41, 5.74) is 6.94. The van der Waals surface area contributed by atoms with E-state index in [0.717, 1.165) is 11.4 Å². The lowest BCUT2D eigenvalue weighted by Gasteiger charge is -1.95. The Morgan fingerprint density at radius 3 is 3.25 bits per heavy atom. The fourth-order valence-electron chi connectivity index (χ4n) is 0.684. The van der Waals surface area contributed by atoms with Gasteiger partial charge in [0.15, 0.2) is 0 Å². The molecule has 1 rings (SSSR count). The lowest BCUT2D eigenvalue weighted by Crippen LogP contribution is -2.28. The van der Waals surface area contributed by atoms with Crippen molar-refractivity contribution in [2.45, 2.75) is 6.42 Å². The average Bonchev–Trinajstić information content (AvgIpc) is 2.57. The van der Waals surface area contributed by atoms with Crippen molar-refractivity contribution in [2.24, 2.45) is 10.7 Å². The number of guanidine groups is 1. The lowest BCUT2D eigenvalue weighted by atomic mass is 10.4. The quantitative estimate of drug-likeness (QED) is 0.352. The summed E-state index contributed by atoms with van der Waals surface area (Å²) in [4.78, 5) is 7.88. The van der Waals surface area contributed by atoms with Crippen molar-refractivity contribution < 1.29 is 5.21 Å². The van der Waals surface area contributed by atoms with Crippen LogP contribution in [0.4, 0.5) is 0 Å². The minimum absolute atomic E-state index is 0.0338. The van der Waals surface area contributed by atoms with Crippen LogP contribution in [0.1, 0.15) is 5.01 Å². The molecule has 0 atom stereocenters. The molecule has 0 fully saturated rings. The number of hydrogen-bond donors (Lipinski definition) is 3. The number of nitrogens with zero attached hydrogens (tertiary/aromatic N) is 2. The maximum absolute atomic E-state index is 8.27. The predicted molar refractivity (Wildman–Crippen MR) is 47.2 cm³/mol. The first-order valence-electron chi connectivity index (χ1n) is 3.41. The Kier molecular flexibility index (Phi) is 3.49. The maximum atomic E-state index is 8.27. The zero-order valence-electron chi connectivity index (χ0n) is 6.40. The van der Waals surface area contributed by atoms with E-state index in [1.165, 1.54) is 0 Å². The predicted octanol–water partition coefficient (Wildman–Crippen LogP) is -0.0209. The van der Waals surface area contributed by atoms with Crippen molar-refractivity contribution in [3.8, 4) is 0 Å². The number of aliphatic imine (C=N–C) groups is 1. The van der Waals surface area contributed by atoms with Crippen LogP contribution in [0.3, 0.4) is 0 Å². The maximum Gasteiger partial charge on any atom is 0.212 e. The second-order valence-corrected chi connectivity index (χ2v) is 3.03. The van der Waals surface area contributed by atoms with Crippen LogP contribution in [0.15, 0.2) is 16.6 Å². The molecule has 1 aromatic heterocycles. The molecule has 0 aliphatic carbocycles. The molecule has 0 unspecified atom stereocenters. The Morgan fingerprint density at radius 1 is 1.83 bits per heavy atom. The highest BCUT2D eigenvalue weighted by atomic mass is 32.1. The third kappa shape index (κ3) is 2.85. The number of nitrogens with one attached hydrogen (secondary N) is 1. The summed E-state index contributed by atoms with van der Waals surface area (Å²) < 4.78 is 0. The fourth-order valence-corrected chi connectivity index (χ4v) is 1.29. The number of hydrogen-bond acceptors (Lipinski definition) is 4. The molecule has 0 aliphatic heterocycles. The molecular weight excluding hydrogens is 176 g/mol. The van der Waals surface area contributed by atoms with Crippen molar-refractivity contribution in [3.05, 3.63) is 16.6 Å². The number of aromatic nitrogens is 1. The van der Waals surface area contributed by atoms with E-state index in [1.54, 1.807) is 23.0 Å². The Bertz CT molecular complexity index is 246. The number of rotatable bonds is 3. The van der Waals surface area contributed by atoms with Gasteiger partial charge in [0.05, 0.1) is 5.01 Å². The van der Waals surface area contributed by atoms with Crippen LogP contribution in [-0.4, -0.2) is 22.7 Å². The van der Waals surface area contributed by atoms with Crippen LogP contribution < -0.4 is 11.2 Å². The van der Waals surface area contributed by atoms with Crippen molar-refractivity contribution in [1.29, 1.82) is 0 Å². The summed E-state index contributed by atoms with van der Waals surface area (Å²) >= 11 is 1.58. The molecule has 4 N–H and O–H groups in total. The van der Waals surface area contributed by atoms with Crippen molar-refractivity contribution in [3.63, 3.8) is 0 Å². The van der Waals surface area contributed by atoms with Crippen LogP contribution in [0, 0.1) is 0 Å². The largest absolute Gasteiger partial charge is 0.368 e. The van der Waals surface area contributed by atoms with Crippen molar-refractivity contribution in [2.75, 3.05) is 6.54 Å². The van der Waals surface area contributed by atoms with Gasteiger partial charge in [0.25, 0.3) is 0 Å². The highest BCUT2D eigenvalue weighted by Crippen LogP contribution is 2.03. The van der Waals surface area contributed by atoms with Gasteiger partial charge >= 0.3 is 0 Å². The Balaban J connectivity index is 2.28. The zero-order valence-corrected chi connectivity index (χ0v) is 7.21. The van der Waals surface area contributed by atoms with Crippen LogP contribution in [0.5, 0.6) is 0 Å². The molecular formula is C6H10N4OS. The topological polar surface area (TPSA) is 83.5 Å². The van der Waals surface area contributed by atoms with E-state index in [9.17, 15) is 0 Å². The first-order chi connectivity index (χ1) is 5.83. The molecule has 0 spiro atoms. The molecule has 0 saturated heterocycles. The smallest absolute Gasteiger partial charge is 0.212 e. The van der Waals surface area contributed by atoms with Gasteiger partial charge < -0.3 is 5.73 Å². The third-order valence-electron chi connectivity index (χ3n) is 1.21. The molecule has 0 radical (unpaired) electrons. The van der Waals surface area contributed by atoms with E-state index in [4.69, 9.17) is 10.9 Å². The highest BCUT2D eigenvalue weighted by Gasteiger charge is 1.93. The zero-order chi connectivity index (χ0) is 8.81. The summed E-state index contributed by atoms with van der Waals surface area (Å²) in [5, 5.41) is 11.2. The first kappa shape index (κ1) is 8.95. The Morgan fingerprint density at radius 2 is 2.67 bits per heavy atom. The van der Waals surface area contributed by atoms with E-state index < -0.39 is 0 Å². The van der Waals surface area contributed by atoms with Gasteiger partial charge in [-0.3, -0.25) is 10.2 Å². The number of thiazole rings is 1. The van der Waals surface area contributed by atoms with E-state index in [1.807, 2.05) is 5.38 Å². The number of nitrogens with two attached hydrogens (primary N) is 1. The van der Waals surface area contributed by atoms with Crippen molar-refractivity contribution >= 4 is 17.3 Å². The minimum atomic E-state index is 0.0338. The molecule has 12 heavy (non-hydrogen) atoms. The molecule has 66 valence electrons. The Hall–Kier alpha value is -1.14. The first-order valence-corrected chi connectivity index (χ1v) is 4.29. The van der Waals surface area contributed by atoms with Crippen molar-refractivity contribution in [1.82, 2.24) is 10.5 Å². The summed E-state index contributed by atoms with van der Waals surface area (Å²) in [6.07, 6.45) is 2.50. The van der Waals surface area contributed by atoms with Gasteiger partial charge in [0.2, 0.25) is 5.96 Å².